The molecule has 3 rings (SSSR count). The molecule has 1 aromatic carbocycles. The Morgan fingerprint density at radius 3 is 2.39 bits per heavy atom. The molecule has 1 amide bonds. The first-order chi connectivity index (χ1) is 15.1. The molecule has 162 valence electrons. The molecule has 5 nitrogen and oxygen atoms in total. The summed E-state index contributed by atoms with van der Waals surface area (Å²) in [4.78, 5) is 19.7. The van der Waals surface area contributed by atoms with Crippen molar-refractivity contribution in [2.75, 3.05) is 19.8 Å². The minimum absolute atomic E-state index is 0.0633. The molecule has 2 aromatic heterocycles. The number of amides is 1. The van der Waals surface area contributed by atoms with Gasteiger partial charge >= 0.3 is 0 Å². The number of carbonyl (C=O) groups is 1. The molecule has 0 aliphatic carbocycles. The number of rotatable bonds is 7. The van der Waals surface area contributed by atoms with Crippen molar-refractivity contribution >= 4 is 11.6 Å². The maximum atomic E-state index is 13.0. The highest BCUT2D eigenvalue weighted by atomic mass is 19.1. The lowest BCUT2D eigenvalue weighted by atomic mass is 10.0. The Morgan fingerprint density at radius 1 is 1.10 bits per heavy atom. The zero-order valence-electron chi connectivity index (χ0n) is 18.7. The van der Waals surface area contributed by atoms with Crippen molar-refractivity contribution in [3.05, 3.63) is 52.8 Å². The molecule has 0 aliphatic rings. The molecule has 31 heavy (non-hydrogen) atoms. The van der Waals surface area contributed by atoms with Crippen molar-refractivity contribution in [2.45, 2.75) is 47.0 Å². The smallest absolute Gasteiger partial charge is 0.227 e. The summed E-state index contributed by atoms with van der Waals surface area (Å²) in [6.07, 6.45) is 1.87. The van der Waals surface area contributed by atoms with Crippen molar-refractivity contribution < 1.29 is 9.18 Å². The van der Waals surface area contributed by atoms with E-state index in [1.165, 1.54) is 0 Å². The van der Waals surface area contributed by atoms with Gasteiger partial charge in [0.1, 0.15) is 0 Å². The van der Waals surface area contributed by atoms with E-state index >= 15 is 0 Å². The Bertz CT molecular complexity index is 1120. The highest BCUT2D eigenvalue weighted by molar-refractivity contribution is 5.84. The molecule has 0 unspecified atom stereocenters. The third-order valence-corrected chi connectivity index (χ3v) is 5.44. The minimum atomic E-state index is -0.670. The molecule has 0 N–H and O–H groups in total. The number of hydrogen-bond acceptors (Lipinski definition) is 3. The van der Waals surface area contributed by atoms with Gasteiger partial charge in [-0.1, -0.05) is 37.8 Å². The Morgan fingerprint density at radius 2 is 1.81 bits per heavy atom. The number of aromatic nitrogens is 3. The Hall–Kier alpha value is -3.20. The molecule has 6 heteroatoms. The molecule has 3 aromatic rings. The number of halogens is 1. The van der Waals surface area contributed by atoms with E-state index in [1.807, 2.05) is 47.5 Å². The lowest BCUT2D eigenvalue weighted by molar-refractivity contribution is -0.130. The van der Waals surface area contributed by atoms with Gasteiger partial charge in [0.05, 0.1) is 12.1 Å². The molecular weight excluding hydrogens is 391 g/mol. The van der Waals surface area contributed by atoms with Crippen LogP contribution in [0.5, 0.6) is 0 Å². The number of fused-ring (bicyclic) bond motifs is 1. The summed E-state index contributed by atoms with van der Waals surface area (Å²) in [6, 6.07) is 9.62. The van der Waals surface area contributed by atoms with Gasteiger partial charge in [0.25, 0.3) is 0 Å². The summed E-state index contributed by atoms with van der Waals surface area (Å²) in [6.45, 7) is 8.80. The van der Waals surface area contributed by atoms with Gasteiger partial charge < -0.3 is 4.90 Å². The first kappa shape index (κ1) is 22.5. The zero-order valence-corrected chi connectivity index (χ0v) is 18.7. The molecule has 0 spiro atoms. The summed E-state index contributed by atoms with van der Waals surface area (Å²) in [5.74, 6) is 5.29. The molecular formula is C25H29FN4O. The van der Waals surface area contributed by atoms with Crippen LogP contribution in [0, 0.1) is 11.8 Å². The number of nitrogens with zero attached hydrogens (tertiary/aromatic N) is 4. The quantitative estimate of drug-likeness (QED) is 0.537. The van der Waals surface area contributed by atoms with Gasteiger partial charge in [-0.15, -0.1) is 0 Å². The van der Waals surface area contributed by atoms with E-state index in [9.17, 15) is 9.18 Å². The molecule has 0 fully saturated rings. The van der Waals surface area contributed by atoms with E-state index in [1.54, 1.807) is 0 Å². The van der Waals surface area contributed by atoms with Gasteiger partial charge in [-0.3, -0.25) is 4.79 Å². The molecule has 2 heterocycles. The third-order valence-electron chi connectivity index (χ3n) is 5.44. The standard InChI is InChI=1S/C25H29FN4O/c1-5-20-16-21(6-2)30-25(27-20)22(17-23(31)29(7-3)8-4)24(28-30)19-13-11-18(12-14-19)10-9-15-26/h11-14,16H,5-8,15,17H2,1-4H3. The molecule has 0 atom stereocenters. The number of aryl methyl sites for hydroxylation is 2. The fraction of sp³-hybridized carbons (Fsp3) is 0.400. The van der Waals surface area contributed by atoms with Crippen LogP contribution in [-0.4, -0.2) is 45.2 Å². The minimum Gasteiger partial charge on any atom is -0.343 e. The van der Waals surface area contributed by atoms with Crippen molar-refractivity contribution in [3.8, 4) is 23.1 Å². The first-order valence-corrected chi connectivity index (χ1v) is 10.9. The Balaban J connectivity index is 2.18. The number of alkyl halides is 1. The van der Waals surface area contributed by atoms with E-state index in [2.05, 4.69) is 31.8 Å². The molecule has 0 radical (unpaired) electrons. The fourth-order valence-corrected chi connectivity index (χ4v) is 3.69. The van der Waals surface area contributed by atoms with Gasteiger partial charge in [-0.05, 0) is 44.9 Å². The van der Waals surface area contributed by atoms with E-state index in [4.69, 9.17) is 10.1 Å². The summed E-state index contributed by atoms with van der Waals surface area (Å²) in [5, 5.41) is 4.87. The molecule has 0 aliphatic heterocycles. The second-order valence-electron chi connectivity index (χ2n) is 7.26. The van der Waals surface area contributed by atoms with Crippen LogP contribution >= 0.6 is 0 Å². The van der Waals surface area contributed by atoms with E-state index in [-0.39, 0.29) is 12.3 Å². The van der Waals surface area contributed by atoms with E-state index in [0.29, 0.717) is 13.1 Å². The van der Waals surface area contributed by atoms with Crippen LogP contribution in [0.3, 0.4) is 0 Å². The van der Waals surface area contributed by atoms with E-state index in [0.717, 1.165) is 52.3 Å². The summed E-state index contributed by atoms with van der Waals surface area (Å²) < 4.78 is 14.2. The highest BCUT2D eigenvalue weighted by Crippen LogP contribution is 2.28. The predicted octanol–water partition coefficient (Wildman–Crippen LogP) is 4.25. The largest absolute Gasteiger partial charge is 0.343 e. The van der Waals surface area contributed by atoms with Crippen LogP contribution in [0.1, 0.15) is 50.2 Å². The Labute approximate surface area is 183 Å². The van der Waals surface area contributed by atoms with E-state index < -0.39 is 6.67 Å². The summed E-state index contributed by atoms with van der Waals surface area (Å²) >= 11 is 0. The topological polar surface area (TPSA) is 50.5 Å². The highest BCUT2D eigenvalue weighted by Gasteiger charge is 2.22. The zero-order chi connectivity index (χ0) is 22.4. The summed E-state index contributed by atoms with van der Waals surface area (Å²) in [5.41, 5.74) is 6.02. The number of carbonyl (C=O) groups excluding carboxylic acids is 1. The van der Waals surface area contributed by atoms with Crippen molar-refractivity contribution in [2.24, 2.45) is 0 Å². The van der Waals surface area contributed by atoms with Crippen LogP contribution in [-0.2, 0) is 24.1 Å². The maximum absolute atomic E-state index is 13.0. The lowest BCUT2D eigenvalue weighted by Gasteiger charge is -2.18. The van der Waals surface area contributed by atoms with Crippen molar-refractivity contribution in [3.63, 3.8) is 0 Å². The van der Waals surface area contributed by atoms with Gasteiger partial charge in [-0.2, -0.15) is 5.10 Å². The average Bonchev–Trinajstić information content (AvgIpc) is 3.16. The van der Waals surface area contributed by atoms with Gasteiger partial charge in [0.2, 0.25) is 5.91 Å². The molecule has 0 saturated carbocycles. The fourth-order valence-electron chi connectivity index (χ4n) is 3.69. The van der Waals surface area contributed by atoms with Crippen LogP contribution < -0.4 is 0 Å². The van der Waals surface area contributed by atoms with Gasteiger partial charge in [0.15, 0.2) is 12.3 Å². The normalized spacial score (nSPS) is 10.7. The van der Waals surface area contributed by atoms with Gasteiger partial charge in [0, 0.05) is 41.2 Å². The van der Waals surface area contributed by atoms with Crippen LogP contribution in [0.2, 0.25) is 0 Å². The molecule has 0 saturated heterocycles. The van der Waals surface area contributed by atoms with Gasteiger partial charge in [-0.25, -0.2) is 13.9 Å². The summed E-state index contributed by atoms with van der Waals surface area (Å²) in [7, 11) is 0. The lowest BCUT2D eigenvalue weighted by Crippen LogP contribution is -2.31. The van der Waals surface area contributed by atoms with Crippen LogP contribution in [0.15, 0.2) is 30.3 Å². The van der Waals surface area contributed by atoms with Crippen LogP contribution in [0.25, 0.3) is 16.9 Å². The SMILES string of the molecule is CCc1cc(CC)n2nc(-c3ccc(C#CCF)cc3)c(CC(=O)N(CC)CC)c2n1. The maximum Gasteiger partial charge on any atom is 0.227 e. The second-order valence-corrected chi connectivity index (χ2v) is 7.26. The average molecular weight is 421 g/mol. The van der Waals surface area contributed by atoms with Crippen LogP contribution in [0.4, 0.5) is 4.39 Å². The Kier molecular flexibility index (Phi) is 7.41. The molecule has 0 bridgehead atoms. The number of hydrogen-bond donors (Lipinski definition) is 0. The number of likely N-dealkylation sites (N-methyl/N-ethyl adjacent to an activating group) is 1. The predicted molar refractivity (Wildman–Crippen MR) is 122 cm³/mol. The van der Waals surface area contributed by atoms with Crippen molar-refractivity contribution in [1.82, 2.24) is 19.5 Å². The van der Waals surface area contributed by atoms with Crippen molar-refractivity contribution in [1.29, 1.82) is 0 Å². The monoisotopic (exact) mass is 420 g/mol. The third kappa shape index (κ3) is 4.77. The first-order valence-electron chi connectivity index (χ1n) is 10.9. The number of benzene rings is 1. The second kappa shape index (κ2) is 10.2.